The molecule has 4 nitrogen and oxygen atoms in total. The van der Waals surface area contributed by atoms with Crippen LogP contribution in [0.1, 0.15) is 56.1 Å². The largest absolute Gasteiger partial charge is 0.468 e. The third-order valence-electron chi connectivity index (χ3n) is 7.04. The molecule has 0 aliphatic heterocycles. The molecular weight excluding hydrogens is 326 g/mol. The van der Waals surface area contributed by atoms with E-state index >= 15 is 0 Å². The van der Waals surface area contributed by atoms with Crippen LogP contribution in [0.25, 0.3) is 0 Å². The molecule has 1 N–H and O–H groups in total. The Balaban J connectivity index is 1.53. The van der Waals surface area contributed by atoms with Crippen LogP contribution < -0.4 is 5.32 Å². The minimum absolute atomic E-state index is 0.00333. The monoisotopic (exact) mass is 355 g/mol. The summed E-state index contributed by atoms with van der Waals surface area (Å²) < 4.78 is 4.62. The van der Waals surface area contributed by atoms with Gasteiger partial charge in [-0.25, -0.2) is 0 Å². The fourth-order valence-corrected chi connectivity index (χ4v) is 6.55. The first-order valence-corrected chi connectivity index (χ1v) is 9.83. The molecule has 4 bridgehead atoms. The molecule has 1 aromatic rings. The van der Waals surface area contributed by atoms with E-state index in [1.807, 2.05) is 0 Å². The Labute approximate surface area is 155 Å². The van der Waals surface area contributed by atoms with Crippen molar-refractivity contribution in [1.82, 2.24) is 5.32 Å². The highest BCUT2D eigenvalue weighted by Gasteiger charge is 2.58. The van der Waals surface area contributed by atoms with Gasteiger partial charge in [-0.3, -0.25) is 9.59 Å². The van der Waals surface area contributed by atoms with E-state index in [1.165, 1.54) is 50.3 Å². The first-order chi connectivity index (χ1) is 12.4. The smallest absolute Gasteiger partial charge is 0.325 e. The van der Waals surface area contributed by atoms with E-state index < -0.39 is 0 Å². The summed E-state index contributed by atoms with van der Waals surface area (Å²) in [6.07, 6.45) is 7.88. The minimum atomic E-state index is -0.389. The van der Waals surface area contributed by atoms with E-state index in [0.717, 1.165) is 18.3 Å². The summed E-state index contributed by atoms with van der Waals surface area (Å²) in [6, 6.07) is 9.08. The van der Waals surface area contributed by atoms with Gasteiger partial charge in [0.25, 0.3) is 0 Å². The van der Waals surface area contributed by atoms with Gasteiger partial charge in [0.15, 0.2) is 0 Å². The average molecular weight is 355 g/mol. The van der Waals surface area contributed by atoms with Gasteiger partial charge in [0.05, 0.1) is 7.11 Å². The molecule has 4 saturated carbocycles. The highest BCUT2D eigenvalue weighted by atomic mass is 16.5. The van der Waals surface area contributed by atoms with Crippen molar-refractivity contribution >= 4 is 11.9 Å². The van der Waals surface area contributed by atoms with Gasteiger partial charge in [-0.1, -0.05) is 29.8 Å². The normalized spacial score (nSPS) is 34.5. The first kappa shape index (κ1) is 17.6. The van der Waals surface area contributed by atoms with Crippen molar-refractivity contribution in [3.05, 3.63) is 35.4 Å². The molecule has 0 heterocycles. The minimum Gasteiger partial charge on any atom is -0.468 e. The molecule has 0 radical (unpaired) electrons. The molecule has 5 rings (SSSR count). The number of ether oxygens (including phenoxy) is 1. The van der Waals surface area contributed by atoms with Crippen LogP contribution >= 0.6 is 0 Å². The van der Waals surface area contributed by atoms with E-state index in [0.29, 0.717) is 6.42 Å². The standard InChI is InChI=1S/C22H29NO3/c1-15-3-5-18(6-4-15)22-10-16-7-17(11-22)9-21(8-16,14-22)12-19(24)23-13-20(25)26-2/h3-6,16-17H,7-14H2,1-2H3,(H,23,24)/t16-,17-,21?,22?/m0/s1. The lowest BCUT2D eigenvalue weighted by molar-refractivity contribution is -0.142. The number of esters is 1. The molecular formula is C22H29NO3. The second-order valence-corrected chi connectivity index (χ2v) is 9.14. The van der Waals surface area contributed by atoms with Crippen LogP contribution in [0.4, 0.5) is 0 Å². The maximum absolute atomic E-state index is 12.5. The molecule has 0 spiro atoms. The topological polar surface area (TPSA) is 55.4 Å². The number of aryl methyl sites for hydroxylation is 1. The number of amides is 1. The zero-order chi connectivity index (χ0) is 18.4. The molecule has 4 aliphatic carbocycles. The van der Waals surface area contributed by atoms with Gasteiger partial charge in [0.1, 0.15) is 6.54 Å². The molecule has 0 unspecified atom stereocenters. The summed E-state index contributed by atoms with van der Waals surface area (Å²) in [7, 11) is 1.35. The van der Waals surface area contributed by atoms with Gasteiger partial charge in [-0.2, -0.15) is 0 Å². The van der Waals surface area contributed by atoms with Crippen LogP contribution in [0, 0.1) is 24.2 Å². The number of rotatable bonds is 5. The number of carbonyl (C=O) groups is 2. The third-order valence-corrected chi connectivity index (χ3v) is 7.04. The van der Waals surface area contributed by atoms with Gasteiger partial charge in [0, 0.05) is 6.42 Å². The van der Waals surface area contributed by atoms with Gasteiger partial charge in [-0.15, -0.1) is 0 Å². The molecule has 140 valence electrons. The number of benzene rings is 1. The van der Waals surface area contributed by atoms with E-state index in [2.05, 4.69) is 41.2 Å². The Bertz CT molecular complexity index is 695. The van der Waals surface area contributed by atoms with Crippen LogP contribution in [0.2, 0.25) is 0 Å². The first-order valence-electron chi connectivity index (χ1n) is 9.83. The lowest BCUT2D eigenvalue weighted by Gasteiger charge is -2.62. The molecule has 4 aliphatic rings. The summed E-state index contributed by atoms with van der Waals surface area (Å²) in [4.78, 5) is 23.8. The predicted octanol–water partition coefficient (Wildman–Crippen LogP) is 3.51. The maximum atomic E-state index is 12.5. The highest BCUT2D eigenvalue weighted by molar-refractivity contribution is 5.82. The van der Waals surface area contributed by atoms with Gasteiger partial charge < -0.3 is 10.1 Å². The summed E-state index contributed by atoms with van der Waals surface area (Å²) >= 11 is 0. The zero-order valence-corrected chi connectivity index (χ0v) is 15.8. The Morgan fingerprint density at radius 1 is 1.12 bits per heavy atom. The molecule has 4 heteroatoms. The summed E-state index contributed by atoms with van der Waals surface area (Å²) in [5.74, 6) is 1.09. The fraction of sp³-hybridized carbons (Fsp3) is 0.636. The quantitative estimate of drug-likeness (QED) is 0.822. The number of carbonyl (C=O) groups excluding carboxylic acids is 2. The number of nitrogens with one attached hydrogen (secondary N) is 1. The molecule has 26 heavy (non-hydrogen) atoms. The van der Waals surface area contributed by atoms with Crippen molar-refractivity contribution in [2.75, 3.05) is 13.7 Å². The van der Waals surface area contributed by atoms with Crippen molar-refractivity contribution in [2.45, 2.75) is 57.3 Å². The van der Waals surface area contributed by atoms with E-state index in [9.17, 15) is 9.59 Å². The van der Waals surface area contributed by atoms with Crippen molar-refractivity contribution < 1.29 is 14.3 Å². The second-order valence-electron chi connectivity index (χ2n) is 9.14. The van der Waals surface area contributed by atoms with Gasteiger partial charge in [0.2, 0.25) is 5.91 Å². The Kier molecular flexibility index (Phi) is 4.32. The van der Waals surface area contributed by atoms with Crippen molar-refractivity contribution in [3.8, 4) is 0 Å². The summed E-state index contributed by atoms with van der Waals surface area (Å²) in [5.41, 5.74) is 3.13. The molecule has 0 aromatic heterocycles. The molecule has 1 aromatic carbocycles. The Hall–Kier alpha value is -1.84. The summed E-state index contributed by atoms with van der Waals surface area (Å²) in [6.45, 7) is 2.11. The molecule has 0 saturated heterocycles. The predicted molar refractivity (Wildman–Crippen MR) is 99.6 cm³/mol. The SMILES string of the molecule is COC(=O)CNC(=O)CC12C[C@@H]3C[C@@H](C1)CC(c1ccc(C)cc1)(C3)C2. The highest BCUT2D eigenvalue weighted by Crippen LogP contribution is 2.66. The third kappa shape index (κ3) is 3.15. The van der Waals surface area contributed by atoms with Crippen molar-refractivity contribution in [3.63, 3.8) is 0 Å². The van der Waals surface area contributed by atoms with Crippen LogP contribution in [-0.4, -0.2) is 25.5 Å². The lowest BCUT2D eigenvalue weighted by atomic mass is 9.42. The zero-order valence-electron chi connectivity index (χ0n) is 15.8. The fourth-order valence-electron chi connectivity index (χ4n) is 6.55. The Morgan fingerprint density at radius 2 is 1.77 bits per heavy atom. The lowest BCUT2D eigenvalue weighted by Crippen LogP contribution is -2.55. The molecule has 1 amide bonds. The van der Waals surface area contributed by atoms with E-state index in [1.54, 1.807) is 0 Å². The molecule has 2 atom stereocenters. The second kappa shape index (κ2) is 6.40. The van der Waals surface area contributed by atoms with Crippen molar-refractivity contribution in [2.24, 2.45) is 17.3 Å². The Morgan fingerprint density at radius 3 is 2.38 bits per heavy atom. The molecule has 4 fully saturated rings. The maximum Gasteiger partial charge on any atom is 0.325 e. The average Bonchev–Trinajstić information content (AvgIpc) is 2.58. The van der Waals surface area contributed by atoms with Gasteiger partial charge in [-0.05, 0) is 73.7 Å². The van der Waals surface area contributed by atoms with Crippen molar-refractivity contribution in [1.29, 1.82) is 0 Å². The van der Waals surface area contributed by atoms with Crippen LogP contribution in [0.3, 0.4) is 0 Å². The van der Waals surface area contributed by atoms with Crippen LogP contribution in [0.15, 0.2) is 24.3 Å². The number of hydrogen-bond acceptors (Lipinski definition) is 3. The van der Waals surface area contributed by atoms with Gasteiger partial charge >= 0.3 is 5.97 Å². The van der Waals surface area contributed by atoms with Crippen LogP contribution in [-0.2, 0) is 19.7 Å². The van der Waals surface area contributed by atoms with E-state index in [4.69, 9.17) is 0 Å². The number of methoxy groups -OCH3 is 1. The van der Waals surface area contributed by atoms with E-state index in [-0.39, 0.29) is 29.3 Å². The number of hydrogen-bond donors (Lipinski definition) is 1. The summed E-state index contributed by atoms with van der Waals surface area (Å²) in [5, 5.41) is 2.75. The van der Waals surface area contributed by atoms with Crippen LogP contribution in [0.5, 0.6) is 0 Å².